The van der Waals surface area contributed by atoms with Gasteiger partial charge in [0.15, 0.2) is 0 Å². The van der Waals surface area contributed by atoms with Crippen LogP contribution in [-0.4, -0.2) is 11.9 Å². The summed E-state index contributed by atoms with van der Waals surface area (Å²) in [7, 11) is 0. The Kier molecular flexibility index (Phi) is 14.5. The van der Waals surface area contributed by atoms with E-state index < -0.39 is 11.9 Å². The van der Waals surface area contributed by atoms with E-state index in [1.807, 2.05) is 0 Å². The third-order valence-electron chi connectivity index (χ3n) is 5.03. The molecule has 0 unspecified atom stereocenters. The first-order valence-corrected chi connectivity index (χ1v) is 11.4. The summed E-state index contributed by atoms with van der Waals surface area (Å²) in [5.41, 5.74) is 6.28. The molecule has 0 spiro atoms. The molecule has 162 valence electrons. The largest absolute Gasteiger partial charge is 0.398 e. The van der Waals surface area contributed by atoms with E-state index in [2.05, 4.69) is 19.1 Å². The first kappa shape index (κ1) is 24.9. The third-order valence-corrected chi connectivity index (χ3v) is 5.03. The molecule has 1 rings (SSSR count). The highest BCUT2D eigenvalue weighted by molar-refractivity contribution is 6.00. The molecule has 0 aliphatic heterocycles. The Bertz CT molecular complexity index is 610. The standard InChI is InChI=1S/C25H39NO3/c1-2-3-4-5-6-7-8-9-10-11-12-13-14-15-16-21-24(27)29-25(28)22-19-17-18-20-23(22)26/h9-10,17-20H,2-8,11-16,21,26H2,1H3/b10-9-. The first-order valence-electron chi connectivity index (χ1n) is 11.4. The van der Waals surface area contributed by atoms with Gasteiger partial charge < -0.3 is 10.5 Å². The highest BCUT2D eigenvalue weighted by Gasteiger charge is 2.14. The average molecular weight is 402 g/mol. The predicted octanol–water partition coefficient (Wildman–Crippen LogP) is 6.99. The normalized spacial score (nSPS) is 11.1. The van der Waals surface area contributed by atoms with Crippen LogP contribution in [0.5, 0.6) is 0 Å². The highest BCUT2D eigenvalue weighted by Crippen LogP contribution is 2.13. The summed E-state index contributed by atoms with van der Waals surface area (Å²) in [4.78, 5) is 23.7. The maximum atomic E-state index is 11.9. The number of carbonyl (C=O) groups is 2. The van der Waals surface area contributed by atoms with E-state index >= 15 is 0 Å². The van der Waals surface area contributed by atoms with Crippen LogP contribution >= 0.6 is 0 Å². The Morgan fingerprint density at radius 3 is 2.00 bits per heavy atom. The number of benzene rings is 1. The molecule has 0 saturated heterocycles. The van der Waals surface area contributed by atoms with Crippen molar-refractivity contribution in [3.05, 3.63) is 42.0 Å². The van der Waals surface area contributed by atoms with Crippen LogP contribution < -0.4 is 5.73 Å². The van der Waals surface area contributed by atoms with Gasteiger partial charge in [-0.15, -0.1) is 0 Å². The summed E-state index contributed by atoms with van der Waals surface area (Å²) >= 11 is 0. The zero-order chi connectivity index (χ0) is 21.2. The van der Waals surface area contributed by atoms with Crippen molar-refractivity contribution in [1.29, 1.82) is 0 Å². The lowest BCUT2D eigenvalue weighted by molar-refractivity contribution is -0.138. The molecule has 0 aliphatic carbocycles. The van der Waals surface area contributed by atoms with Crippen molar-refractivity contribution in [1.82, 2.24) is 0 Å². The number of hydrogen-bond acceptors (Lipinski definition) is 4. The summed E-state index contributed by atoms with van der Waals surface area (Å²) in [6.45, 7) is 2.25. The molecular weight excluding hydrogens is 362 g/mol. The van der Waals surface area contributed by atoms with E-state index in [0.29, 0.717) is 5.69 Å². The zero-order valence-corrected chi connectivity index (χ0v) is 18.2. The summed E-state index contributed by atoms with van der Waals surface area (Å²) in [6, 6.07) is 6.61. The zero-order valence-electron chi connectivity index (χ0n) is 18.2. The number of nitrogen functional groups attached to an aromatic ring is 1. The van der Waals surface area contributed by atoms with Crippen molar-refractivity contribution in [2.75, 3.05) is 5.73 Å². The molecule has 0 amide bonds. The molecule has 0 aromatic heterocycles. The lowest BCUT2D eigenvalue weighted by Gasteiger charge is -2.05. The molecule has 0 fully saturated rings. The Balaban J connectivity index is 1.94. The Labute approximate surface area is 176 Å². The van der Waals surface area contributed by atoms with Gasteiger partial charge in [0, 0.05) is 12.1 Å². The van der Waals surface area contributed by atoms with Crippen molar-refractivity contribution in [3.8, 4) is 0 Å². The predicted molar refractivity (Wildman–Crippen MR) is 121 cm³/mol. The molecule has 1 aromatic carbocycles. The number of allylic oxidation sites excluding steroid dienone is 2. The Hall–Kier alpha value is -2.10. The van der Waals surface area contributed by atoms with E-state index in [9.17, 15) is 9.59 Å². The maximum absolute atomic E-state index is 11.9. The van der Waals surface area contributed by atoms with Crippen LogP contribution in [0.25, 0.3) is 0 Å². The molecule has 1 aromatic rings. The number of rotatable bonds is 16. The fraction of sp³-hybridized carbons (Fsp3) is 0.600. The minimum absolute atomic E-state index is 0.241. The van der Waals surface area contributed by atoms with Crippen LogP contribution in [0.15, 0.2) is 36.4 Å². The fourth-order valence-corrected chi connectivity index (χ4v) is 3.23. The summed E-state index contributed by atoms with van der Waals surface area (Å²) < 4.78 is 4.87. The lowest BCUT2D eigenvalue weighted by Crippen LogP contribution is -2.13. The van der Waals surface area contributed by atoms with Crippen LogP contribution in [-0.2, 0) is 9.53 Å². The van der Waals surface area contributed by atoms with Crippen molar-refractivity contribution in [2.45, 2.75) is 96.8 Å². The number of ether oxygens (including phenoxy) is 1. The van der Waals surface area contributed by atoms with Crippen LogP contribution in [0.4, 0.5) is 5.69 Å². The van der Waals surface area contributed by atoms with Crippen molar-refractivity contribution in [3.63, 3.8) is 0 Å². The summed E-state index contributed by atoms with van der Waals surface area (Å²) in [5, 5.41) is 0. The summed E-state index contributed by atoms with van der Waals surface area (Å²) in [5.74, 6) is -1.14. The second kappa shape index (κ2) is 16.8. The smallest absolute Gasteiger partial charge is 0.347 e. The van der Waals surface area contributed by atoms with Crippen molar-refractivity contribution < 1.29 is 14.3 Å². The molecule has 0 atom stereocenters. The lowest BCUT2D eigenvalue weighted by atomic mass is 10.1. The van der Waals surface area contributed by atoms with Gasteiger partial charge in [0.25, 0.3) is 0 Å². The van der Waals surface area contributed by atoms with Crippen LogP contribution in [0.3, 0.4) is 0 Å². The number of hydrogen-bond donors (Lipinski definition) is 1. The van der Waals surface area contributed by atoms with Gasteiger partial charge in [-0.25, -0.2) is 4.79 Å². The number of carbonyl (C=O) groups excluding carboxylic acids is 2. The molecule has 29 heavy (non-hydrogen) atoms. The second-order valence-corrected chi connectivity index (χ2v) is 7.68. The monoisotopic (exact) mass is 401 g/mol. The van der Waals surface area contributed by atoms with E-state index in [1.165, 1.54) is 57.8 Å². The molecule has 0 heterocycles. The van der Waals surface area contributed by atoms with Gasteiger partial charge in [0.2, 0.25) is 0 Å². The molecule has 0 radical (unpaired) electrons. The van der Waals surface area contributed by atoms with E-state index in [1.54, 1.807) is 24.3 Å². The molecule has 4 nitrogen and oxygen atoms in total. The molecule has 4 heteroatoms. The highest BCUT2D eigenvalue weighted by atomic mass is 16.6. The Morgan fingerprint density at radius 1 is 0.828 bits per heavy atom. The minimum Gasteiger partial charge on any atom is -0.398 e. The average Bonchev–Trinajstić information content (AvgIpc) is 2.71. The quantitative estimate of drug-likeness (QED) is 0.106. The summed E-state index contributed by atoms with van der Waals surface area (Å²) in [6.07, 6.45) is 20.6. The topological polar surface area (TPSA) is 69.4 Å². The van der Waals surface area contributed by atoms with E-state index in [0.717, 1.165) is 25.7 Å². The van der Waals surface area contributed by atoms with Gasteiger partial charge in [-0.05, 0) is 44.2 Å². The van der Waals surface area contributed by atoms with Gasteiger partial charge in [-0.3, -0.25) is 4.79 Å². The van der Waals surface area contributed by atoms with Gasteiger partial charge in [0.1, 0.15) is 0 Å². The minimum atomic E-state index is -0.666. The van der Waals surface area contributed by atoms with Crippen molar-refractivity contribution >= 4 is 17.6 Å². The van der Waals surface area contributed by atoms with E-state index in [4.69, 9.17) is 10.5 Å². The van der Waals surface area contributed by atoms with Crippen molar-refractivity contribution in [2.24, 2.45) is 0 Å². The molecule has 0 saturated carbocycles. The first-order chi connectivity index (χ1) is 14.1. The number of anilines is 1. The Morgan fingerprint density at radius 2 is 1.38 bits per heavy atom. The van der Waals surface area contributed by atoms with Gasteiger partial charge >= 0.3 is 11.9 Å². The van der Waals surface area contributed by atoms with Gasteiger partial charge in [-0.2, -0.15) is 0 Å². The molecule has 2 N–H and O–H groups in total. The second-order valence-electron chi connectivity index (χ2n) is 7.68. The molecule has 0 aliphatic rings. The van der Waals surface area contributed by atoms with Crippen LogP contribution in [0, 0.1) is 0 Å². The van der Waals surface area contributed by atoms with Crippen LogP contribution in [0.1, 0.15) is 107 Å². The van der Waals surface area contributed by atoms with Gasteiger partial charge in [-0.1, -0.05) is 82.6 Å². The van der Waals surface area contributed by atoms with E-state index in [-0.39, 0.29) is 12.0 Å². The molecular formula is C25H39NO3. The van der Waals surface area contributed by atoms with Crippen LogP contribution in [0.2, 0.25) is 0 Å². The third kappa shape index (κ3) is 12.9. The number of para-hydroxylation sites is 1. The number of nitrogens with two attached hydrogens (primary N) is 1. The fourth-order valence-electron chi connectivity index (χ4n) is 3.23. The van der Waals surface area contributed by atoms with Gasteiger partial charge in [0.05, 0.1) is 5.56 Å². The maximum Gasteiger partial charge on any atom is 0.347 e. The molecule has 0 bridgehead atoms. The number of esters is 2. The number of unbranched alkanes of at least 4 members (excludes halogenated alkanes) is 11. The SMILES string of the molecule is CCCCCCCC/C=C\CCCCCCCC(=O)OC(=O)c1ccccc1N.